The van der Waals surface area contributed by atoms with Crippen molar-refractivity contribution >= 4 is 0 Å². The van der Waals surface area contributed by atoms with Crippen LogP contribution in [0.1, 0.15) is 0 Å². The smallest absolute Gasteiger partial charge is 0.118 e. The molecule has 3 nitrogen and oxygen atoms in total. The molecule has 0 heterocycles. The van der Waals surface area contributed by atoms with Gasteiger partial charge in [0.2, 0.25) is 0 Å². The van der Waals surface area contributed by atoms with Crippen molar-refractivity contribution in [3.63, 3.8) is 0 Å². The van der Waals surface area contributed by atoms with Crippen molar-refractivity contribution in [2.45, 2.75) is 0 Å². The second-order valence-corrected chi connectivity index (χ2v) is 2.75. The summed E-state index contributed by atoms with van der Waals surface area (Å²) in [7, 11) is 3.16. The second kappa shape index (κ2) is 10.4. The maximum Gasteiger partial charge on any atom is 0.118 e. The van der Waals surface area contributed by atoms with Gasteiger partial charge in [-0.15, -0.1) is 0 Å². The minimum Gasteiger partial charge on any atom is -0.497 e. The Hall–Kier alpha value is -2.16. The van der Waals surface area contributed by atoms with Crippen molar-refractivity contribution in [3.05, 3.63) is 73.7 Å². The fourth-order valence-electron chi connectivity index (χ4n) is 0.843. The van der Waals surface area contributed by atoms with E-state index in [1.165, 1.54) is 12.5 Å². The monoisotopic (exact) mass is 234 g/mol. The van der Waals surface area contributed by atoms with Crippen LogP contribution in [0.4, 0.5) is 0 Å². The molecule has 0 N–H and O–H groups in total. The quantitative estimate of drug-likeness (QED) is 0.475. The van der Waals surface area contributed by atoms with Crippen LogP contribution in [-0.4, -0.2) is 14.2 Å². The summed E-state index contributed by atoms with van der Waals surface area (Å²) in [5, 5.41) is 0. The van der Waals surface area contributed by atoms with Crippen LogP contribution >= 0.6 is 0 Å². The lowest BCUT2D eigenvalue weighted by atomic mass is 10.4. The highest BCUT2D eigenvalue weighted by Gasteiger charge is 1.83. The number of rotatable bonds is 8. The van der Waals surface area contributed by atoms with Gasteiger partial charge in [0.1, 0.15) is 11.5 Å². The third-order valence-corrected chi connectivity index (χ3v) is 1.71. The number of methoxy groups -OCH3 is 2. The van der Waals surface area contributed by atoms with E-state index >= 15 is 0 Å². The Bertz CT molecular complexity index is 312. The molecule has 0 aliphatic rings. The summed E-state index contributed by atoms with van der Waals surface area (Å²) >= 11 is 0. The van der Waals surface area contributed by atoms with Gasteiger partial charge < -0.3 is 14.2 Å². The normalized spacial score (nSPS) is 12.8. The van der Waals surface area contributed by atoms with E-state index in [1.807, 2.05) is 0 Å². The van der Waals surface area contributed by atoms with Crippen molar-refractivity contribution in [1.29, 1.82) is 0 Å². The van der Waals surface area contributed by atoms with Crippen molar-refractivity contribution < 1.29 is 14.2 Å². The summed E-state index contributed by atoms with van der Waals surface area (Å²) in [6.45, 7) is 7.17. The van der Waals surface area contributed by atoms with Crippen molar-refractivity contribution in [2.75, 3.05) is 14.2 Å². The van der Waals surface area contributed by atoms with E-state index in [1.54, 1.807) is 50.7 Å². The molecule has 0 aromatic heterocycles. The van der Waals surface area contributed by atoms with E-state index < -0.39 is 0 Å². The number of allylic oxidation sites excluding steroid dienone is 6. The number of hydrogen-bond acceptors (Lipinski definition) is 3. The lowest BCUT2D eigenvalue weighted by Gasteiger charge is -1.96. The molecular formula is C14H18O3. The van der Waals surface area contributed by atoms with E-state index in [0.717, 1.165) is 0 Å². The molecule has 0 rings (SSSR count). The van der Waals surface area contributed by atoms with E-state index in [9.17, 15) is 0 Å². The maximum absolute atomic E-state index is 5.08. The molecule has 0 saturated heterocycles. The molecule has 0 aliphatic carbocycles. The average Bonchev–Trinajstić information content (AvgIpc) is 2.37. The van der Waals surface area contributed by atoms with Crippen LogP contribution in [0.15, 0.2) is 73.7 Å². The minimum atomic E-state index is 0.669. The van der Waals surface area contributed by atoms with Gasteiger partial charge in [-0.25, -0.2) is 0 Å². The Morgan fingerprint density at radius 2 is 1.24 bits per heavy atom. The molecule has 17 heavy (non-hydrogen) atoms. The van der Waals surface area contributed by atoms with Crippen LogP contribution < -0.4 is 0 Å². The van der Waals surface area contributed by atoms with Crippen LogP contribution in [0.5, 0.6) is 0 Å². The molecule has 0 bridgehead atoms. The molecule has 0 radical (unpaired) electrons. The Morgan fingerprint density at radius 3 is 1.53 bits per heavy atom. The Kier molecular flexibility index (Phi) is 9.04. The van der Waals surface area contributed by atoms with Gasteiger partial charge >= 0.3 is 0 Å². The second-order valence-electron chi connectivity index (χ2n) is 2.75. The Morgan fingerprint density at radius 1 is 0.824 bits per heavy atom. The molecule has 0 atom stereocenters. The summed E-state index contributed by atoms with van der Waals surface area (Å²) in [5.74, 6) is 1.34. The fourth-order valence-corrected chi connectivity index (χ4v) is 0.843. The molecule has 0 unspecified atom stereocenters. The molecule has 0 aliphatic heterocycles. The van der Waals surface area contributed by atoms with Gasteiger partial charge in [0.15, 0.2) is 0 Å². The standard InChI is InChI=1S/C14H18O3/c1-5-13(15-3)9-7-11-17-12-8-10-14(6-2)16-4/h5-12H,1-2H2,3-4H3/b11-7+,12-8+,13-9+,14-10+. The van der Waals surface area contributed by atoms with E-state index in [2.05, 4.69) is 13.2 Å². The van der Waals surface area contributed by atoms with Gasteiger partial charge in [0.05, 0.1) is 26.7 Å². The Labute approximate surface area is 103 Å². The lowest BCUT2D eigenvalue weighted by Crippen LogP contribution is -1.79. The molecular weight excluding hydrogens is 216 g/mol. The predicted molar refractivity (Wildman–Crippen MR) is 69.9 cm³/mol. The lowest BCUT2D eigenvalue weighted by molar-refractivity contribution is 0.307. The van der Waals surface area contributed by atoms with Gasteiger partial charge in [-0.1, -0.05) is 13.2 Å². The van der Waals surface area contributed by atoms with Gasteiger partial charge in [-0.05, 0) is 36.5 Å². The fraction of sp³-hybridized carbons (Fsp3) is 0.143. The summed E-state index contributed by atoms with van der Waals surface area (Å²) < 4.78 is 15.0. The van der Waals surface area contributed by atoms with E-state index in [0.29, 0.717) is 11.5 Å². The molecule has 3 heteroatoms. The molecule has 0 aromatic rings. The van der Waals surface area contributed by atoms with Gasteiger partial charge in [-0.2, -0.15) is 0 Å². The zero-order valence-corrected chi connectivity index (χ0v) is 10.3. The summed E-state index contributed by atoms with van der Waals surface area (Å²) in [4.78, 5) is 0. The first-order valence-electron chi connectivity index (χ1n) is 5.00. The van der Waals surface area contributed by atoms with Gasteiger partial charge in [0, 0.05) is 0 Å². The van der Waals surface area contributed by atoms with Crippen LogP contribution in [0.3, 0.4) is 0 Å². The number of ether oxygens (including phenoxy) is 3. The highest BCUT2D eigenvalue weighted by atomic mass is 16.5. The maximum atomic E-state index is 5.08. The van der Waals surface area contributed by atoms with Crippen LogP contribution in [0, 0.1) is 0 Å². The van der Waals surface area contributed by atoms with Crippen molar-refractivity contribution in [2.24, 2.45) is 0 Å². The van der Waals surface area contributed by atoms with Gasteiger partial charge in [0.25, 0.3) is 0 Å². The van der Waals surface area contributed by atoms with Gasteiger partial charge in [-0.3, -0.25) is 0 Å². The summed E-state index contributed by atoms with van der Waals surface area (Å²) in [6.07, 6.45) is 13.1. The highest BCUT2D eigenvalue weighted by Crippen LogP contribution is 1.97. The zero-order valence-electron chi connectivity index (χ0n) is 10.3. The highest BCUT2D eigenvalue weighted by molar-refractivity contribution is 5.16. The summed E-state index contributed by atoms with van der Waals surface area (Å²) in [6, 6.07) is 0. The van der Waals surface area contributed by atoms with Crippen molar-refractivity contribution in [1.82, 2.24) is 0 Å². The SMILES string of the molecule is C=C/C(=C\C=C\O/C=C/C=C(\C=C)OC)OC. The molecule has 0 fully saturated rings. The first-order valence-corrected chi connectivity index (χ1v) is 5.00. The molecule has 0 amide bonds. The predicted octanol–water partition coefficient (Wildman–Crippen LogP) is 3.46. The molecule has 92 valence electrons. The third kappa shape index (κ3) is 7.73. The first kappa shape index (κ1) is 14.8. The van der Waals surface area contributed by atoms with Crippen molar-refractivity contribution in [3.8, 4) is 0 Å². The van der Waals surface area contributed by atoms with Crippen LogP contribution in [0.2, 0.25) is 0 Å². The first-order chi connectivity index (χ1) is 8.28. The van der Waals surface area contributed by atoms with E-state index in [-0.39, 0.29) is 0 Å². The molecule has 0 saturated carbocycles. The molecule has 0 spiro atoms. The molecule has 0 aromatic carbocycles. The third-order valence-electron chi connectivity index (χ3n) is 1.71. The van der Waals surface area contributed by atoms with Crippen LogP contribution in [0.25, 0.3) is 0 Å². The number of hydrogen-bond donors (Lipinski definition) is 0. The van der Waals surface area contributed by atoms with Crippen LogP contribution in [-0.2, 0) is 14.2 Å². The van der Waals surface area contributed by atoms with E-state index in [4.69, 9.17) is 14.2 Å². The summed E-state index contributed by atoms with van der Waals surface area (Å²) in [5.41, 5.74) is 0. The Balaban J connectivity index is 4.07. The largest absolute Gasteiger partial charge is 0.497 e. The average molecular weight is 234 g/mol. The zero-order chi connectivity index (χ0) is 12.9. The topological polar surface area (TPSA) is 27.7 Å². The minimum absolute atomic E-state index is 0.669.